The molecule has 36 heavy (non-hydrogen) atoms. The number of aromatic carboxylic acids is 1. The molecule has 11 heteroatoms. The van der Waals surface area contributed by atoms with Crippen LogP contribution < -0.4 is 21.5 Å². The lowest BCUT2D eigenvalue weighted by molar-refractivity contribution is 0.0695. The lowest BCUT2D eigenvalue weighted by atomic mass is 10.1. The fourth-order valence-electron chi connectivity index (χ4n) is 4.25. The number of anilines is 2. The van der Waals surface area contributed by atoms with Crippen LogP contribution in [0.3, 0.4) is 0 Å². The number of rotatable bonds is 6. The van der Waals surface area contributed by atoms with Gasteiger partial charge in [-0.2, -0.15) is 4.98 Å². The summed E-state index contributed by atoms with van der Waals surface area (Å²) in [6.45, 7) is 7.31. The monoisotopic (exact) mass is 495 g/mol. The minimum atomic E-state index is -1.19. The smallest absolute Gasteiger partial charge is 0.337 e. The number of pyridine rings is 1. The number of carbonyl (C=O) groups is 1. The van der Waals surface area contributed by atoms with Crippen molar-refractivity contribution >= 4 is 28.9 Å². The quantitative estimate of drug-likeness (QED) is 0.498. The molecule has 0 unspecified atom stereocenters. The highest BCUT2D eigenvalue weighted by Gasteiger charge is 2.25. The van der Waals surface area contributed by atoms with Crippen molar-refractivity contribution in [3.63, 3.8) is 0 Å². The van der Waals surface area contributed by atoms with Gasteiger partial charge in [0.05, 0.1) is 24.3 Å². The van der Waals surface area contributed by atoms with Gasteiger partial charge in [0.15, 0.2) is 11.2 Å². The van der Waals surface area contributed by atoms with Crippen molar-refractivity contribution < 1.29 is 9.90 Å². The zero-order chi connectivity index (χ0) is 26.4. The molecule has 0 amide bonds. The van der Waals surface area contributed by atoms with Gasteiger partial charge in [0.2, 0.25) is 5.95 Å². The van der Waals surface area contributed by atoms with Gasteiger partial charge in [-0.3, -0.25) is 18.5 Å². The van der Waals surface area contributed by atoms with Crippen LogP contribution >= 0.6 is 0 Å². The largest absolute Gasteiger partial charge is 0.478 e. The Hall–Kier alpha value is -4.07. The summed E-state index contributed by atoms with van der Waals surface area (Å²) < 4.78 is 4.08. The van der Waals surface area contributed by atoms with Gasteiger partial charge in [0.25, 0.3) is 5.56 Å². The van der Waals surface area contributed by atoms with Crippen molar-refractivity contribution in [3.05, 3.63) is 44.2 Å². The highest BCUT2D eigenvalue weighted by molar-refractivity contribution is 5.89. The summed E-state index contributed by atoms with van der Waals surface area (Å²) in [6.07, 6.45) is 3.19. The normalized spacial score (nSPS) is 13.0. The molecule has 3 aromatic rings. The van der Waals surface area contributed by atoms with Crippen LogP contribution in [-0.2, 0) is 20.1 Å². The predicted molar refractivity (Wildman–Crippen MR) is 140 cm³/mol. The first-order valence-electron chi connectivity index (χ1n) is 12.1. The molecule has 2 N–H and O–H groups in total. The van der Waals surface area contributed by atoms with E-state index < -0.39 is 17.2 Å². The van der Waals surface area contributed by atoms with E-state index in [0.29, 0.717) is 11.8 Å². The minimum Gasteiger partial charge on any atom is -0.478 e. The first-order chi connectivity index (χ1) is 17.4. The molecule has 4 rings (SSSR count). The topological polar surface area (TPSA) is 127 Å². The Morgan fingerprint density at radius 1 is 1.11 bits per heavy atom. The molecule has 1 saturated heterocycles. The van der Waals surface area contributed by atoms with E-state index >= 15 is 0 Å². The van der Waals surface area contributed by atoms with Crippen LogP contribution in [0.4, 0.5) is 11.8 Å². The number of fused-ring (bicyclic) bond motifs is 1. The first kappa shape index (κ1) is 26.5. The fraction of sp³-hybridized carbons (Fsp3) is 0.480. The van der Waals surface area contributed by atoms with E-state index in [1.165, 1.54) is 16.7 Å². The Bertz CT molecular complexity index is 1430. The van der Waals surface area contributed by atoms with Gasteiger partial charge >= 0.3 is 11.7 Å². The van der Waals surface area contributed by atoms with Crippen molar-refractivity contribution in [3.8, 4) is 11.8 Å². The zero-order valence-corrected chi connectivity index (χ0v) is 21.5. The molecular formula is C25H33N7O4. The Balaban J connectivity index is 0.00000176. The predicted octanol–water partition coefficient (Wildman–Crippen LogP) is 2.12. The first-order valence-corrected chi connectivity index (χ1v) is 12.1. The molecular weight excluding hydrogens is 462 g/mol. The van der Waals surface area contributed by atoms with Crippen LogP contribution in [0.15, 0.2) is 21.7 Å². The lowest BCUT2D eigenvalue weighted by Crippen LogP contribution is -2.40. The summed E-state index contributed by atoms with van der Waals surface area (Å²) in [5, 5.41) is 12.4. The highest BCUT2D eigenvalue weighted by Crippen LogP contribution is 2.23. The molecule has 4 heterocycles. The third kappa shape index (κ3) is 4.98. The standard InChI is InChI=1S/C23H27N7O4.C2H6/c1-4-5-13-29-18-19(26-22(29)28-11-7-6-8-12-28)27(3)23(34)30(20(18)31)14-16-15(21(32)33)9-10-17(24-2)25-16;1-2/h9-10H,6-8,11-14H2,1-3H3,(H,24,25)(H,32,33);1-2H3. The van der Waals surface area contributed by atoms with Crippen LogP contribution in [0.5, 0.6) is 0 Å². The van der Waals surface area contributed by atoms with E-state index in [1.807, 2.05) is 13.8 Å². The van der Waals surface area contributed by atoms with Crippen molar-refractivity contribution in [2.24, 2.45) is 7.05 Å². The van der Waals surface area contributed by atoms with Crippen molar-refractivity contribution in [1.82, 2.24) is 23.7 Å². The van der Waals surface area contributed by atoms with E-state index in [0.717, 1.165) is 36.9 Å². The molecule has 192 valence electrons. The molecule has 3 aromatic heterocycles. The van der Waals surface area contributed by atoms with Gasteiger partial charge in [-0.05, 0) is 38.3 Å². The maximum absolute atomic E-state index is 13.7. The zero-order valence-electron chi connectivity index (χ0n) is 21.5. The summed E-state index contributed by atoms with van der Waals surface area (Å²) in [5.41, 5.74) is -0.588. The second kappa shape index (κ2) is 11.6. The molecule has 0 spiro atoms. The SMILES string of the molecule is CC.CC#CCn1c(N2CCCCC2)nc2c1c(=O)n(Cc1nc(NC)ccc1C(=O)O)c(=O)n2C. The van der Waals surface area contributed by atoms with Crippen LogP contribution in [0.25, 0.3) is 11.2 Å². The summed E-state index contributed by atoms with van der Waals surface area (Å²) in [4.78, 5) is 49.7. The Morgan fingerprint density at radius 3 is 2.42 bits per heavy atom. The van der Waals surface area contributed by atoms with Crippen molar-refractivity contribution in [2.45, 2.75) is 53.1 Å². The Morgan fingerprint density at radius 2 is 1.81 bits per heavy atom. The minimum absolute atomic E-state index is 0.0765. The van der Waals surface area contributed by atoms with E-state index in [-0.39, 0.29) is 35.5 Å². The number of nitrogens with zero attached hydrogens (tertiary/aromatic N) is 6. The van der Waals surface area contributed by atoms with E-state index in [4.69, 9.17) is 0 Å². The third-order valence-corrected chi connectivity index (χ3v) is 6.03. The number of hydrogen-bond donors (Lipinski definition) is 2. The van der Waals surface area contributed by atoms with E-state index in [1.54, 1.807) is 25.6 Å². The molecule has 11 nitrogen and oxygen atoms in total. The molecule has 0 saturated carbocycles. The number of aryl methyl sites for hydroxylation is 1. The Labute approximate surface area is 209 Å². The second-order valence-corrected chi connectivity index (χ2v) is 8.12. The van der Waals surface area contributed by atoms with Gasteiger partial charge in [-0.25, -0.2) is 14.6 Å². The molecule has 0 aliphatic carbocycles. The molecule has 1 fully saturated rings. The third-order valence-electron chi connectivity index (χ3n) is 6.03. The number of carboxylic acids is 1. The molecule has 0 bridgehead atoms. The van der Waals surface area contributed by atoms with Gasteiger partial charge in [0, 0.05) is 27.2 Å². The summed E-state index contributed by atoms with van der Waals surface area (Å²) >= 11 is 0. The second-order valence-electron chi connectivity index (χ2n) is 8.12. The van der Waals surface area contributed by atoms with Crippen LogP contribution in [0.2, 0.25) is 0 Å². The lowest BCUT2D eigenvalue weighted by Gasteiger charge is -2.27. The van der Waals surface area contributed by atoms with Crippen LogP contribution in [0, 0.1) is 11.8 Å². The Kier molecular flexibility index (Phi) is 8.53. The number of imidazole rings is 1. The fourth-order valence-corrected chi connectivity index (χ4v) is 4.25. The maximum atomic E-state index is 13.7. The molecule has 0 radical (unpaired) electrons. The summed E-state index contributed by atoms with van der Waals surface area (Å²) in [7, 11) is 3.21. The van der Waals surface area contributed by atoms with Crippen molar-refractivity contribution in [1.29, 1.82) is 0 Å². The average Bonchev–Trinajstić information content (AvgIpc) is 3.29. The van der Waals surface area contributed by atoms with Crippen LogP contribution in [-0.4, -0.2) is 54.9 Å². The molecule has 0 aromatic carbocycles. The van der Waals surface area contributed by atoms with Gasteiger partial charge in [-0.15, -0.1) is 5.92 Å². The number of piperidine rings is 1. The van der Waals surface area contributed by atoms with Gasteiger partial charge < -0.3 is 15.3 Å². The number of aromatic nitrogens is 5. The van der Waals surface area contributed by atoms with Gasteiger partial charge in [0.1, 0.15) is 5.82 Å². The van der Waals surface area contributed by atoms with Crippen molar-refractivity contribution in [2.75, 3.05) is 30.4 Å². The molecule has 0 atom stereocenters. The van der Waals surface area contributed by atoms with Gasteiger partial charge in [-0.1, -0.05) is 19.8 Å². The van der Waals surface area contributed by atoms with E-state index in [9.17, 15) is 19.5 Å². The van der Waals surface area contributed by atoms with Crippen LogP contribution in [0.1, 0.15) is 56.1 Å². The average molecular weight is 496 g/mol. The highest BCUT2D eigenvalue weighted by atomic mass is 16.4. The summed E-state index contributed by atoms with van der Waals surface area (Å²) in [5.74, 6) is 5.72. The number of nitrogens with one attached hydrogen (secondary N) is 1. The summed E-state index contributed by atoms with van der Waals surface area (Å²) in [6, 6.07) is 2.93. The number of hydrogen-bond acceptors (Lipinski definition) is 7. The maximum Gasteiger partial charge on any atom is 0.337 e. The molecule has 1 aliphatic heterocycles. The van der Waals surface area contributed by atoms with E-state index in [2.05, 4.69) is 32.0 Å². The number of carboxylic acid groups (broad SMARTS) is 1. The molecule has 1 aliphatic rings.